The summed E-state index contributed by atoms with van der Waals surface area (Å²) < 4.78 is 4.47. The smallest absolute Gasteiger partial charge is 0.157 e. The number of carbonyl (C=O) groups is 1. The minimum atomic E-state index is -0.695. The minimum Gasteiger partial charge on any atom is -0.319 e. The van der Waals surface area contributed by atoms with E-state index in [-0.39, 0.29) is 5.78 Å². The predicted octanol–water partition coefficient (Wildman–Crippen LogP) is 10.1. The quantitative estimate of drug-likeness (QED) is 0.118. The van der Waals surface area contributed by atoms with Gasteiger partial charge in [-0.15, -0.1) is 0 Å². The highest BCUT2D eigenvalue weighted by molar-refractivity contribution is 6.02. The van der Waals surface area contributed by atoms with E-state index in [9.17, 15) is 0 Å². The first-order valence-corrected chi connectivity index (χ1v) is 19.6. The lowest BCUT2D eigenvalue weighted by molar-refractivity contribution is -0.124. The first-order chi connectivity index (χ1) is 27.6. The number of benzene rings is 6. The molecule has 0 bridgehead atoms. The molecule has 2 aromatic heterocycles. The van der Waals surface area contributed by atoms with Gasteiger partial charge in [-0.2, -0.15) is 0 Å². The summed E-state index contributed by atoms with van der Waals surface area (Å²) in [5.74, 6) is 0.245. The number of imidazole rings is 2. The molecular formula is C51H42N4O. The SMILES string of the molecule is O=C(C1(c2cn(C(c3ccccc3)(c3ccccc3)c3ccccc3)cn2)CC1)C1(c2cn(C(c3ccccc3)(c3ccccc3)c3ccccc3)cn2)CC1. The summed E-state index contributed by atoms with van der Waals surface area (Å²) in [4.78, 5) is 25.5. The van der Waals surface area contributed by atoms with Gasteiger partial charge in [0.1, 0.15) is 11.1 Å². The standard InChI is InChI=1S/C51H42N4O/c56-47(48(31-32-48)45-35-54(37-52-45)50(39-19-7-1-8-20-39,40-21-9-2-10-22-40)41-23-11-3-12-24-41)49(33-34-49)46-36-55(38-53-46)51(42-25-13-4-14-26-42,43-27-15-5-16-28-43)44-29-17-6-18-30-44/h1-30,35-38H,31-34H2. The van der Waals surface area contributed by atoms with Crippen LogP contribution in [0.25, 0.3) is 0 Å². The zero-order valence-electron chi connectivity index (χ0n) is 31.2. The number of nitrogens with zero attached hydrogens (tertiary/aromatic N) is 4. The van der Waals surface area contributed by atoms with Crippen molar-refractivity contribution in [1.82, 2.24) is 19.1 Å². The maximum absolute atomic E-state index is 15.3. The van der Waals surface area contributed by atoms with Crippen LogP contribution in [0.15, 0.2) is 207 Å². The van der Waals surface area contributed by atoms with Gasteiger partial charge in [0.05, 0.1) is 34.9 Å². The largest absolute Gasteiger partial charge is 0.319 e. The van der Waals surface area contributed by atoms with Gasteiger partial charge in [-0.1, -0.05) is 182 Å². The maximum Gasteiger partial charge on any atom is 0.157 e. The Morgan fingerprint density at radius 2 is 0.625 bits per heavy atom. The van der Waals surface area contributed by atoms with Crippen molar-refractivity contribution in [2.75, 3.05) is 0 Å². The molecule has 2 heterocycles. The number of Topliss-reactive ketones (excluding diaryl/α,β-unsaturated/α-hetero) is 1. The van der Waals surface area contributed by atoms with Crippen LogP contribution in [0, 0.1) is 0 Å². The third kappa shape index (κ3) is 5.11. The zero-order chi connectivity index (χ0) is 37.6. The van der Waals surface area contributed by atoms with Crippen molar-refractivity contribution >= 4 is 5.78 Å². The lowest BCUT2D eigenvalue weighted by Gasteiger charge is -2.37. The molecule has 0 aliphatic heterocycles. The molecule has 56 heavy (non-hydrogen) atoms. The lowest BCUT2D eigenvalue weighted by Crippen LogP contribution is -2.37. The Balaban J connectivity index is 1.07. The number of carbonyl (C=O) groups excluding carboxylic acids is 1. The van der Waals surface area contributed by atoms with E-state index in [4.69, 9.17) is 9.97 Å². The Bertz CT molecular complexity index is 2210. The molecule has 5 nitrogen and oxygen atoms in total. The van der Waals surface area contributed by atoms with E-state index in [1.807, 2.05) is 12.7 Å². The van der Waals surface area contributed by atoms with E-state index in [2.05, 4.69) is 204 Å². The molecule has 0 spiro atoms. The van der Waals surface area contributed by atoms with Crippen LogP contribution in [-0.2, 0) is 26.7 Å². The Kier molecular flexibility index (Phi) is 8.07. The Morgan fingerprint density at radius 3 is 0.839 bits per heavy atom. The van der Waals surface area contributed by atoms with Crippen LogP contribution in [0.5, 0.6) is 0 Å². The molecule has 0 atom stereocenters. The Hall–Kier alpha value is -6.59. The number of hydrogen-bond donors (Lipinski definition) is 0. The fraction of sp³-hybridized carbons (Fsp3) is 0.157. The number of ketones is 1. The minimum absolute atomic E-state index is 0.245. The van der Waals surface area contributed by atoms with Gasteiger partial charge in [-0.3, -0.25) is 4.79 Å². The van der Waals surface area contributed by atoms with Gasteiger partial charge in [-0.25, -0.2) is 9.97 Å². The van der Waals surface area contributed by atoms with Crippen molar-refractivity contribution in [1.29, 1.82) is 0 Å². The van der Waals surface area contributed by atoms with E-state index in [1.54, 1.807) is 0 Å². The Labute approximate surface area is 328 Å². The van der Waals surface area contributed by atoms with Crippen LogP contribution in [0.2, 0.25) is 0 Å². The highest BCUT2D eigenvalue weighted by atomic mass is 16.1. The maximum atomic E-state index is 15.3. The molecule has 6 aromatic carbocycles. The average Bonchev–Trinajstić information content (AvgIpc) is 4.16. The zero-order valence-corrected chi connectivity index (χ0v) is 31.2. The second kappa shape index (κ2) is 13.3. The van der Waals surface area contributed by atoms with Crippen molar-refractivity contribution in [3.8, 4) is 0 Å². The summed E-state index contributed by atoms with van der Waals surface area (Å²) in [5.41, 5.74) is 5.73. The first-order valence-electron chi connectivity index (χ1n) is 19.6. The highest BCUT2D eigenvalue weighted by Crippen LogP contribution is 2.60. The number of rotatable bonds is 12. The molecule has 0 N–H and O–H groups in total. The van der Waals surface area contributed by atoms with E-state index in [1.165, 1.54) is 0 Å². The van der Waals surface area contributed by atoms with Gasteiger partial charge in [0.2, 0.25) is 0 Å². The van der Waals surface area contributed by atoms with Crippen molar-refractivity contribution in [3.05, 3.63) is 252 Å². The third-order valence-electron chi connectivity index (χ3n) is 12.4. The molecule has 0 saturated heterocycles. The molecule has 2 fully saturated rings. The molecule has 0 unspecified atom stereocenters. The van der Waals surface area contributed by atoms with Gasteiger partial charge in [0.15, 0.2) is 5.78 Å². The molecule has 10 rings (SSSR count). The van der Waals surface area contributed by atoms with Gasteiger partial charge < -0.3 is 9.13 Å². The van der Waals surface area contributed by atoms with Gasteiger partial charge in [0.25, 0.3) is 0 Å². The van der Waals surface area contributed by atoms with Crippen LogP contribution < -0.4 is 0 Å². The molecule has 2 aliphatic rings. The molecule has 5 heteroatoms. The highest BCUT2D eigenvalue weighted by Gasteiger charge is 2.65. The van der Waals surface area contributed by atoms with Crippen LogP contribution in [0.1, 0.15) is 70.5 Å². The van der Waals surface area contributed by atoms with Crippen molar-refractivity contribution in [3.63, 3.8) is 0 Å². The normalized spacial score (nSPS) is 15.6. The van der Waals surface area contributed by atoms with Gasteiger partial charge in [0, 0.05) is 12.4 Å². The first kappa shape index (κ1) is 33.9. The van der Waals surface area contributed by atoms with Crippen LogP contribution in [-0.4, -0.2) is 24.9 Å². The van der Waals surface area contributed by atoms with Gasteiger partial charge in [-0.05, 0) is 59.1 Å². The second-order valence-electron chi connectivity index (χ2n) is 15.4. The molecule has 0 amide bonds. The van der Waals surface area contributed by atoms with Crippen molar-refractivity contribution < 1.29 is 4.79 Å². The summed E-state index contributed by atoms with van der Waals surface area (Å²) in [7, 11) is 0. The summed E-state index contributed by atoms with van der Waals surface area (Å²) in [6.45, 7) is 0. The molecular weight excluding hydrogens is 685 g/mol. The summed E-state index contributed by atoms with van der Waals surface area (Å²) in [6.07, 6.45) is 11.3. The molecule has 2 aliphatic carbocycles. The topological polar surface area (TPSA) is 52.7 Å². The van der Waals surface area contributed by atoms with Crippen molar-refractivity contribution in [2.45, 2.75) is 47.6 Å². The lowest BCUT2D eigenvalue weighted by atomic mass is 9.76. The molecule has 272 valence electrons. The third-order valence-corrected chi connectivity index (χ3v) is 12.4. The van der Waals surface area contributed by atoms with E-state index in [0.29, 0.717) is 0 Å². The fourth-order valence-corrected chi connectivity index (χ4v) is 9.38. The molecule has 0 radical (unpaired) electrons. The van der Waals surface area contributed by atoms with E-state index >= 15 is 4.79 Å². The van der Waals surface area contributed by atoms with Crippen LogP contribution in [0.4, 0.5) is 0 Å². The van der Waals surface area contributed by atoms with E-state index < -0.39 is 21.9 Å². The summed E-state index contributed by atoms with van der Waals surface area (Å²) in [5, 5.41) is 0. The van der Waals surface area contributed by atoms with Crippen LogP contribution >= 0.6 is 0 Å². The van der Waals surface area contributed by atoms with E-state index in [0.717, 1.165) is 70.5 Å². The molecule has 2 saturated carbocycles. The second-order valence-corrected chi connectivity index (χ2v) is 15.4. The monoisotopic (exact) mass is 726 g/mol. The molecule has 8 aromatic rings. The van der Waals surface area contributed by atoms with Gasteiger partial charge >= 0.3 is 0 Å². The average molecular weight is 727 g/mol. The predicted molar refractivity (Wildman–Crippen MR) is 220 cm³/mol. The summed E-state index contributed by atoms with van der Waals surface area (Å²) in [6, 6.07) is 63.7. The Morgan fingerprint density at radius 1 is 0.393 bits per heavy atom. The fourth-order valence-electron chi connectivity index (χ4n) is 9.38. The number of hydrogen-bond acceptors (Lipinski definition) is 3. The van der Waals surface area contributed by atoms with Crippen LogP contribution in [0.3, 0.4) is 0 Å². The summed E-state index contributed by atoms with van der Waals surface area (Å²) >= 11 is 0. The van der Waals surface area contributed by atoms with Crippen molar-refractivity contribution in [2.24, 2.45) is 0 Å². The number of aromatic nitrogens is 4.